The normalized spacial score (nSPS) is 17.9. The van der Waals surface area contributed by atoms with Crippen LogP contribution in [0.2, 0.25) is 0 Å². The fourth-order valence-corrected chi connectivity index (χ4v) is 4.97. The molecule has 0 aromatic heterocycles. The number of urea groups is 1. The number of benzene rings is 2. The van der Waals surface area contributed by atoms with Gasteiger partial charge in [-0.2, -0.15) is 0 Å². The molecule has 8 nitrogen and oxygen atoms in total. The number of nitrogens with zero attached hydrogens (tertiary/aromatic N) is 3. The molecule has 0 radical (unpaired) electrons. The molecule has 2 fully saturated rings. The van der Waals surface area contributed by atoms with Crippen LogP contribution in [-0.2, 0) is 9.59 Å². The predicted octanol–water partition coefficient (Wildman–Crippen LogP) is 3.83. The van der Waals surface area contributed by atoms with E-state index < -0.39 is 5.54 Å². The van der Waals surface area contributed by atoms with Crippen LogP contribution in [0.1, 0.15) is 38.7 Å². The predicted molar refractivity (Wildman–Crippen MR) is 142 cm³/mol. The lowest BCUT2D eigenvalue weighted by atomic mass is 9.85. The Morgan fingerprint density at radius 3 is 2.36 bits per heavy atom. The Hall–Kier alpha value is -3.55. The topological polar surface area (TPSA) is 85.0 Å². The number of anilines is 2. The number of para-hydroxylation sites is 2. The highest BCUT2D eigenvalue weighted by Gasteiger charge is 2.54. The molecular weight excluding hydrogens is 454 g/mol. The van der Waals surface area contributed by atoms with Crippen molar-refractivity contribution < 1.29 is 14.4 Å². The highest BCUT2D eigenvalue weighted by molar-refractivity contribution is 5.97. The van der Waals surface area contributed by atoms with E-state index in [-0.39, 0.29) is 24.4 Å². The smallest absolute Gasteiger partial charge is 0.321 e. The molecule has 2 aromatic rings. The van der Waals surface area contributed by atoms with E-state index >= 15 is 0 Å². The van der Waals surface area contributed by atoms with Gasteiger partial charge in [0.2, 0.25) is 5.91 Å². The molecule has 8 heteroatoms. The monoisotopic (exact) mass is 491 g/mol. The van der Waals surface area contributed by atoms with Gasteiger partial charge in [-0.05, 0) is 49.4 Å². The first-order chi connectivity index (χ1) is 17.3. The minimum Gasteiger partial charge on any atom is -0.354 e. The maximum Gasteiger partial charge on any atom is 0.321 e. The molecule has 2 saturated heterocycles. The van der Waals surface area contributed by atoms with Crippen molar-refractivity contribution in [2.24, 2.45) is 5.92 Å². The standard InChI is InChI=1S/C28H37N5O3/c1-4-21(2)18-29-25(34)19-32-20-33(23-11-6-5-7-12-23)28(26(32)35)14-16-31(17-15-28)27(36)30-24-13-9-8-10-22(24)3/h5-13,21H,4,14-20H2,1-3H3,(H,29,34)(H,30,36). The summed E-state index contributed by atoms with van der Waals surface area (Å²) in [6, 6.07) is 17.4. The summed E-state index contributed by atoms with van der Waals surface area (Å²) in [5.74, 6) is 0.221. The number of hydrogen-bond donors (Lipinski definition) is 2. The van der Waals surface area contributed by atoms with Crippen LogP contribution in [0, 0.1) is 12.8 Å². The van der Waals surface area contributed by atoms with Gasteiger partial charge in [0, 0.05) is 31.0 Å². The minimum absolute atomic E-state index is 0.0380. The minimum atomic E-state index is -0.766. The molecule has 192 valence electrons. The second kappa shape index (κ2) is 11.0. The summed E-state index contributed by atoms with van der Waals surface area (Å²) in [7, 11) is 0. The highest BCUT2D eigenvalue weighted by atomic mass is 16.2. The lowest BCUT2D eigenvalue weighted by molar-refractivity contribution is -0.137. The van der Waals surface area contributed by atoms with E-state index in [1.807, 2.05) is 61.5 Å². The second-order valence-electron chi connectivity index (χ2n) is 9.99. The van der Waals surface area contributed by atoms with E-state index in [9.17, 15) is 14.4 Å². The third-order valence-corrected chi connectivity index (χ3v) is 7.53. The molecule has 1 spiro atoms. The van der Waals surface area contributed by atoms with Crippen molar-refractivity contribution in [2.75, 3.05) is 43.1 Å². The van der Waals surface area contributed by atoms with Crippen molar-refractivity contribution in [3.8, 4) is 0 Å². The molecule has 2 aliphatic rings. The summed E-state index contributed by atoms with van der Waals surface area (Å²) in [6.45, 7) is 8.07. The van der Waals surface area contributed by atoms with E-state index in [0.29, 0.717) is 45.1 Å². The third-order valence-electron chi connectivity index (χ3n) is 7.53. The fraction of sp³-hybridized carbons (Fsp3) is 0.464. The number of likely N-dealkylation sites (tertiary alicyclic amines) is 1. The summed E-state index contributed by atoms with van der Waals surface area (Å²) in [5.41, 5.74) is 1.98. The first-order valence-electron chi connectivity index (χ1n) is 12.8. The van der Waals surface area contributed by atoms with Crippen LogP contribution in [0.3, 0.4) is 0 Å². The largest absolute Gasteiger partial charge is 0.354 e. The molecule has 1 unspecified atom stereocenters. The molecule has 36 heavy (non-hydrogen) atoms. The molecule has 1 atom stereocenters. The zero-order valence-electron chi connectivity index (χ0n) is 21.5. The number of nitrogens with one attached hydrogen (secondary N) is 2. The van der Waals surface area contributed by atoms with Crippen molar-refractivity contribution in [1.82, 2.24) is 15.1 Å². The summed E-state index contributed by atoms with van der Waals surface area (Å²) >= 11 is 0. The number of carbonyl (C=O) groups excluding carboxylic acids is 3. The molecule has 2 aromatic carbocycles. The van der Waals surface area contributed by atoms with Gasteiger partial charge >= 0.3 is 6.03 Å². The Balaban J connectivity index is 1.47. The van der Waals surface area contributed by atoms with Crippen molar-refractivity contribution in [1.29, 1.82) is 0 Å². The summed E-state index contributed by atoms with van der Waals surface area (Å²) in [4.78, 5) is 44.9. The number of aryl methyl sites for hydroxylation is 1. The molecule has 0 bridgehead atoms. The molecule has 2 aliphatic heterocycles. The number of rotatable bonds is 7. The third kappa shape index (κ3) is 5.32. The van der Waals surface area contributed by atoms with Crippen molar-refractivity contribution in [2.45, 2.75) is 45.6 Å². The van der Waals surface area contributed by atoms with Gasteiger partial charge in [0.15, 0.2) is 0 Å². The average Bonchev–Trinajstić information content (AvgIpc) is 3.15. The lowest BCUT2D eigenvalue weighted by Crippen LogP contribution is -2.58. The van der Waals surface area contributed by atoms with Gasteiger partial charge in [0.1, 0.15) is 12.1 Å². The Labute approximate surface area is 213 Å². The van der Waals surface area contributed by atoms with Crippen molar-refractivity contribution in [3.05, 3.63) is 60.2 Å². The van der Waals surface area contributed by atoms with Gasteiger partial charge in [-0.3, -0.25) is 9.59 Å². The van der Waals surface area contributed by atoms with Crippen LogP contribution >= 0.6 is 0 Å². The van der Waals surface area contributed by atoms with Gasteiger partial charge in [0.25, 0.3) is 5.91 Å². The van der Waals surface area contributed by atoms with Crippen LogP contribution < -0.4 is 15.5 Å². The fourth-order valence-electron chi connectivity index (χ4n) is 4.97. The zero-order valence-corrected chi connectivity index (χ0v) is 21.5. The zero-order chi connectivity index (χ0) is 25.7. The van der Waals surface area contributed by atoms with Crippen molar-refractivity contribution >= 4 is 29.2 Å². The average molecular weight is 492 g/mol. The molecule has 0 aliphatic carbocycles. The Bertz CT molecular complexity index is 1080. The maximum atomic E-state index is 13.8. The number of carbonyl (C=O) groups is 3. The van der Waals surface area contributed by atoms with Crippen LogP contribution in [0.4, 0.5) is 16.2 Å². The highest BCUT2D eigenvalue weighted by Crippen LogP contribution is 2.39. The van der Waals surface area contributed by atoms with E-state index in [4.69, 9.17) is 0 Å². The summed E-state index contributed by atoms with van der Waals surface area (Å²) in [6.07, 6.45) is 2.00. The Morgan fingerprint density at radius 1 is 1.03 bits per heavy atom. The van der Waals surface area contributed by atoms with E-state index in [2.05, 4.69) is 29.4 Å². The van der Waals surface area contributed by atoms with Crippen LogP contribution in [0.25, 0.3) is 0 Å². The molecule has 0 saturated carbocycles. The first-order valence-corrected chi connectivity index (χ1v) is 12.8. The van der Waals surface area contributed by atoms with Gasteiger partial charge in [-0.15, -0.1) is 0 Å². The molecule has 2 heterocycles. The number of piperidine rings is 1. The van der Waals surface area contributed by atoms with Crippen LogP contribution in [-0.4, -0.2) is 66.0 Å². The maximum absolute atomic E-state index is 13.8. The lowest BCUT2D eigenvalue weighted by Gasteiger charge is -2.43. The number of amides is 4. The van der Waals surface area contributed by atoms with E-state index in [1.54, 1.807) is 9.80 Å². The molecular formula is C28H37N5O3. The first kappa shape index (κ1) is 25.5. The second-order valence-corrected chi connectivity index (χ2v) is 9.99. The quantitative estimate of drug-likeness (QED) is 0.617. The van der Waals surface area contributed by atoms with Crippen LogP contribution in [0.15, 0.2) is 54.6 Å². The molecule has 4 rings (SSSR count). The number of hydrogen-bond acceptors (Lipinski definition) is 4. The Morgan fingerprint density at radius 2 is 1.69 bits per heavy atom. The summed E-state index contributed by atoms with van der Waals surface area (Å²) < 4.78 is 0. The Kier molecular flexibility index (Phi) is 7.82. The van der Waals surface area contributed by atoms with Crippen LogP contribution in [0.5, 0.6) is 0 Å². The van der Waals surface area contributed by atoms with Gasteiger partial charge < -0.3 is 25.3 Å². The van der Waals surface area contributed by atoms with Gasteiger partial charge in [-0.1, -0.05) is 56.7 Å². The van der Waals surface area contributed by atoms with Gasteiger partial charge in [-0.25, -0.2) is 4.79 Å². The molecule has 2 N–H and O–H groups in total. The SMILES string of the molecule is CCC(C)CNC(=O)CN1CN(c2ccccc2)C2(CCN(C(=O)Nc3ccccc3C)CC2)C1=O. The van der Waals surface area contributed by atoms with Gasteiger partial charge in [0.05, 0.1) is 6.67 Å². The van der Waals surface area contributed by atoms with Crippen molar-refractivity contribution in [3.63, 3.8) is 0 Å². The van der Waals surface area contributed by atoms with E-state index in [1.165, 1.54) is 0 Å². The van der Waals surface area contributed by atoms with E-state index in [0.717, 1.165) is 23.4 Å². The summed E-state index contributed by atoms with van der Waals surface area (Å²) in [5, 5.41) is 5.96. The molecule has 4 amide bonds.